The highest BCUT2D eigenvalue weighted by atomic mass is 16.6. The normalized spacial score (nSPS) is 20.2. The van der Waals surface area contributed by atoms with Gasteiger partial charge in [0.2, 0.25) is 11.5 Å². The molecule has 5 atom stereocenters. The number of carboxylic acids is 1. The number of aliphatic hydroxyl groups is 4. The lowest BCUT2D eigenvalue weighted by molar-refractivity contribution is -0.148. The fourth-order valence-corrected chi connectivity index (χ4v) is 6.10. The highest BCUT2D eigenvalue weighted by Crippen LogP contribution is 2.44. The molecule has 2 aliphatic rings. The molecule has 1 aromatic carbocycles. The van der Waals surface area contributed by atoms with Crippen LogP contribution in [0, 0.1) is 38.5 Å². The molecule has 0 saturated carbocycles. The largest absolute Gasteiger partial charge is 0.507 e. The number of ether oxygens (including phenoxy) is 2. The minimum Gasteiger partial charge on any atom is -0.507 e. The first-order valence-corrected chi connectivity index (χ1v) is 17.6. The summed E-state index contributed by atoms with van der Waals surface area (Å²) in [7, 11) is 0. The van der Waals surface area contributed by atoms with Gasteiger partial charge in [0, 0.05) is 12.5 Å². The second-order valence-corrected chi connectivity index (χ2v) is 14.6. The Morgan fingerprint density at radius 3 is 1.84 bits per heavy atom. The van der Waals surface area contributed by atoms with Crippen molar-refractivity contribution in [1.29, 1.82) is 0 Å². The van der Waals surface area contributed by atoms with Gasteiger partial charge >= 0.3 is 11.9 Å². The fraction of sp³-hybridized carbons (Fsp3) is 0.711. The summed E-state index contributed by atoms with van der Waals surface area (Å²) in [6.07, 6.45) is 11.3. The first-order valence-electron chi connectivity index (χ1n) is 17.6. The number of phenolic OH excluding ortho intramolecular Hbond substituents is 1. The monoisotopic (exact) mass is 694 g/mol. The Bertz CT molecular complexity index is 1270. The maximum absolute atomic E-state index is 10.5. The van der Waals surface area contributed by atoms with Crippen molar-refractivity contribution in [2.75, 3.05) is 6.61 Å². The van der Waals surface area contributed by atoms with Crippen LogP contribution in [0.5, 0.6) is 11.5 Å². The van der Waals surface area contributed by atoms with E-state index >= 15 is 0 Å². The summed E-state index contributed by atoms with van der Waals surface area (Å²) in [5, 5.41) is 53.1. The Balaban J connectivity index is 0.000000544. The van der Waals surface area contributed by atoms with Gasteiger partial charge in [0.05, 0.1) is 6.61 Å². The van der Waals surface area contributed by atoms with Gasteiger partial charge in [-0.25, -0.2) is 9.59 Å². The van der Waals surface area contributed by atoms with E-state index in [1.165, 1.54) is 56.9 Å². The van der Waals surface area contributed by atoms with Gasteiger partial charge in [-0.15, -0.1) is 0 Å². The van der Waals surface area contributed by atoms with Crippen molar-refractivity contribution < 1.29 is 54.5 Å². The Hall–Kier alpha value is -3.31. The van der Waals surface area contributed by atoms with Crippen LogP contribution in [0.25, 0.3) is 0 Å². The Morgan fingerprint density at radius 1 is 0.878 bits per heavy atom. The number of benzene rings is 1. The first-order chi connectivity index (χ1) is 22.8. The van der Waals surface area contributed by atoms with Crippen LogP contribution in [0.15, 0.2) is 11.5 Å². The number of aliphatic hydroxyl groups excluding tert-OH is 4. The Labute approximate surface area is 292 Å². The molecule has 3 rings (SSSR count). The number of phenols is 1. The molecule has 2 heterocycles. The van der Waals surface area contributed by atoms with Gasteiger partial charge in [0.1, 0.15) is 23.2 Å². The number of hydrogen-bond donors (Lipinski definition) is 6. The first kappa shape index (κ1) is 43.7. The standard InChI is InChI=1S/C29H50O2.C6H8O6.C3H4O3/c1-20(2)12-9-13-21(3)14-10-15-22(4)16-11-18-29(8)19-17-26-25(7)27(30)23(5)24(6)28(26)31-29;7-1-2(8)5-3(9)4(10)6(11)12-5;1-2(4)3(5)6/h20-22,30H,9-19H2,1-8H3;2,5,7-10H,1H2;1H3,(H,5,6)/t21-,22-,29-;2-,5+;/m10./s1. The van der Waals surface area contributed by atoms with E-state index in [1.54, 1.807) is 0 Å². The molecule has 0 saturated heterocycles. The molecule has 11 heteroatoms. The lowest BCUT2D eigenvalue weighted by atomic mass is 9.84. The topological polar surface area (TPSA) is 191 Å². The van der Waals surface area contributed by atoms with Gasteiger partial charge in [-0.1, -0.05) is 72.6 Å². The highest BCUT2D eigenvalue weighted by molar-refractivity contribution is 6.31. The van der Waals surface area contributed by atoms with Crippen molar-refractivity contribution >= 4 is 17.7 Å². The third-order valence-corrected chi connectivity index (χ3v) is 9.64. The lowest BCUT2D eigenvalue weighted by Crippen LogP contribution is -2.37. The van der Waals surface area contributed by atoms with Gasteiger partial charge in [0.15, 0.2) is 11.9 Å². The number of ketones is 1. The summed E-state index contributed by atoms with van der Waals surface area (Å²) in [5.41, 5.74) is 4.23. The van der Waals surface area contributed by atoms with Crippen molar-refractivity contribution in [1.82, 2.24) is 0 Å². The summed E-state index contributed by atoms with van der Waals surface area (Å²) in [5.74, 6) is -0.947. The third-order valence-electron chi connectivity index (χ3n) is 9.64. The fourth-order valence-electron chi connectivity index (χ4n) is 6.10. The number of carbonyl (C=O) groups is 3. The number of rotatable bonds is 15. The van der Waals surface area contributed by atoms with Crippen LogP contribution in [0.3, 0.4) is 0 Å². The zero-order chi connectivity index (χ0) is 37.6. The molecule has 11 nitrogen and oxygen atoms in total. The zero-order valence-electron chi connectivity index (χ0n) is 31.1. The maximum Gasteiger partial charge on any atom is 0.377 e. The van der Waals surface area contributed by atoms with Crippen LogP contribution < -0.4 is 4.74 Å². The van der Waals surface area contributed by atoms with Crippen LogP contribution in [0.2, 0.25) is 0 Å². The molecule has 6 N–H and O–H groups in total. The van der Waals surface area contributed by atoms with Crippen molar-refractivity contribution in [3.63, 3.8) is 0 Å². The number of fused-ring (bicyclic) bond motifs is 1. The van der Waals surface area contributed by atoms with Gasteiger partial charge in [-0.2, -0.15) is 0 Å². The minimum atomic E-state index is -1.42. The molecule has 49 heavy (non-hydrogen) atoms. The van der Waals surface area contributed by atoms with Gasteiger partial charge in [-0.3, -0.25) is 4.79 Å². The highest BCUT2D eigenvalue weighted by Gasteiger charge is 2.39. The van der Waals surface area contributed by atoms with Crippen LogP contribution in [0.1, 0.15) is 128 Å². The Morgan fingerprint density at radius 2 is 1.39 bits per heavy atom. The predicted molar refractivity (Wildman–Crippen MR) is 188 cm³/mol. The van der Waals surface area contributed by atoms with Crippen LogP contribution in [-0.4, -0.2) is 72.8 Å². The number of hydrogen-bond acceptors (Lipinski definition) is 10. The summed E-state index contributed by atoms with van der Waals surface area (Å²) in [6, 6.07) is 0. The molecule has 0 aromatic heterocycles. The van der Waals surface area contributed by atoms with E-state index in [0.717, 1.165) is 66.4 Å². The molecule has 280 valence electrons. The molecule has 0 spiro atoms. The summed E-state index contributed by atoms with van der Waals surface area (Å²) < 4.78 is 10.9. The third kappa shape index (κ3) is 13.8. The molecule has 0 aliphatic carbocycles. The van der Waals surface area contributed by atoms with Crippen LogP contribution in [-0.2, 0) is 25.5 Å². The number of Topliss-reactive ketones (excluding diaryl/α,β-unsaturated/α-hetero) is 1. The van der Waals surface area contributed by atoms with Gasteiger partial charge < -0.3 is 40.1 Å². The maximum atomic E-state index is 10.5. The number of esters is 1. The van der Waals surface area contributed by atoms with E-state index in [9.17, 15) is 19.5 Å². The number of aliphatic carboxylic acids is 1. The van der Waals surface area contributed by atoms with Crippen molar-refractivity contribution in [2.24, 2.45) is 17.8 Å². The van der Waals surface area contributed by atoms with Crippen molar-refractivity contribution in [3.8, 4) is 11.5 Å². The minimum absolute atomic E-state index is 0.0712. The molecule has 0 radical (unpaired) electrons. The molecular formula is C38H62O11. The quantitative estimate of drug-likeness (QED) is 0.0811. The van der Waals surface area contributed by atoms with E-state index in [2.05, 4.69) is 46.3 Å². The van der Waals surface area contributed by atoms with E-state index in [0.29, 0.717) is 5.75 Å². The van der Waals surface area contributed by atoms with Gasteiger partial charge in [-0.05, 0) is 87.8 Å². The summed E-state index contributed by atoms with van der Waals surface area (Å²) in [4.78, 5) is 29.4. The molecule has 2 aliphatic heterocycles. The summed E-state index contributed by atoms with van der Waals surface area (Å²) >= 11 is 0. The molecule has 0 unspecified atom stereocenters. The van der Waals surface area contributed by atoms with Crippen molar-refractivity contribution in [2.45, 2.75) is 151 Å². The zero-order valence-corrected chi connectivity index (χ0v) is 31.1. The van der Waals surface area contributed by atoms with Gasteiger partial charge in [0.25, 0.3) is 0 Å². The average Bonchev–Trinajstić information content (AvgIpc) is 3.29. The molecular weight excluding hydrogens is 632 g/mol. The Kier molecular flexibility index (Phi) is 18.2. The number of cyclic esters (lactones) is 1. The van der Waals surface area contributed by atoms with E-state index in [1.807, 2.05) is 13.8 Å². The van der Waals surface area contributed by atoms with E-state index in [4.69, 9.17) is 30.3 Å². The average molecular weight is 695 g/mol. The van der Waals surface area contributed by atoms with E-state index in [-0.39, 0.29) is 5.60 Å². The second kappa shape index (κ2) is 20.4. The van der Waals surface area contributed by atoms with E-state index < -0.39 is 48.1 Å². The predicted octanol–water partition coefficient (Wildman–Crippen LogP) is 7.09. The number of carbonyl (C=O) groups excluding carboxylic acids is 2. The van der Waals surface area contributed by atoms with Crippen LogP contribution >= 0.6 is 0 Å². The molecule has 1 aromatic rings. The smallest absolute Gasteiger partial charge is 0.377 e. The number of carboxylic acid groups (broad SMARTS) is 1. The lowest BCUT2D eigenvalue weighted by Gasteiger charge is -2.38. The number of aromatic hydroxyl groups is 1. The van der Waals surface area contributed by atoms with Crippen LogP contribution in [0.4, 0.5) is 0 Å². The summed E-state index contributed by atoms with van der Waals surface area (Å²) in [6.45, 7) is 18.3. The molecule has 0 amide bonds. The SMILES string of the molecule is CC(=O)C(=O)O.Cc1c(C)c2c(c(C)c1O)CC[C@@](C)(CCC[C@H](C)CCC[C@H](C)CCCC(C)C)O2.O=C1O[C@H]([C@@H](O)CO)C(O)=C1O. The van der Waals surface area contributed by atoms with Crippen molar-refractivity contribution in [3.05, 3.63) is 33.8 Å². The molecule has 0 bridgehead atoms. The molecule has 0 fully saturated rings. The second-order valence-electron chi connectivity index (χ2n) is 14.6.